The Bertz CT molecular complexity index is 579. The van der Waals surface area contributed by atoms with E-state index in [0.717, 1.165) is 43.6 Å². The summed E-state index contributed by atoms with van der Waals surface area (Å²) in [5.74, 6) is 1.24. The number of benzene rings is 1. The monoisotopic (exact) mass is 271 g/mol. The molecule has 0 saturated heterocycles. The molecule has 0 fully saturated rings. The molecular weight excluding hydrogens is 250 g/mol. The molecule has 3 rings (SSSR count). The molecule has 20 heavy (non-hydrogen) atoms. The predicted molar refractivity (Wildman–Crippen MR) is 77.2 cm³/mol. The Balaban J connectivity index is 1.77. The summed E-state index contributed by atoms with van der Waals surface area (Å²) in [5, 5.41) is 14.8. The van der Waals surface area contributed by atoms with Gasteiger partial charge in [-0.1, -0.05) is 31.2 Å². The lowest BCUT2D eigenvalue weighted by molar-refractivity contribution is 0.0918. The minimum absolute atomic E-state index is 0.240. The van der Waals surface area contributed by atoms with Crippen molar-refractivity contribution in [1.82, 2.24) is 14.8 Å². The predicted octanol–water partition coefficient (Wildman–Crippen LogP) is 2.53. The van der Waals surface area contributed by atoms with E-state index in [9.17, 15) is 5.11 Å². The van der Waals surface area contributed by atoms with E-state index in [4.69, 9.17) is 0 Å². The fraction of sp³-hybridized carbons (Fsp3) is 0.500. The summed E-state index contributed by atoms with van der Waals surface area (Å²) in [5.41, 5.74) is 2.37. The normalized spacial score (nSPS) is 21.7. The lowest BCUT2D eigenvalue weighted by Crippen LogP contribution is -2.24. The molecule has 2 aromatic rings. The number of aliphatic hydroxyl groups is 1. The number of rotatable bonds is 4. The average Bonchev–Trinajstić information content (AvgIpc) is 2.90. The second-order valence-corrected chi connectivity index (χ2v) is 5.55. The first-order valence-corrected chi connectivity index (χ1v) is 7.42. The van der Waals surface area contributed by atoms with E-state index in [0.29, 0.717) is 0 Å². The Morgan fingerprint density at radius 1 is 1.35 bits per heavy atom. The summed E-state index contributed by atoms with van der Waals surface area (Å²) in [6.45, 7) is 3.03. The Kier molecular flexibility index (Phi) is 3.83. The molecule has 2 unspecified atom stereocenters. The molecule has 1 aliphatic carbocycles. The maximum absolute atomic E-state index is 10.6. The van der Waals surface area contributed by atoms with Crippen LogP contribution in [0.25, 0.3) is 0 Å². The summed E-state index contributed by atoms with van der Waals surface area (Å²) in [7, 11) is 0. The number of hydrogen-bond acceptors (Lipinski definition) is 3. The molecule has 0 spiro atoms. The number of aliphatic hydroxyl groups excluding tert-OH is 1. The van der Waals surface area contributed by atoms with Crippen molar-refractivity contribution in [2.75, 3.05) is 0 Å². The van der Waals surface area contributed by atoms with Crippen LogP contribution >= 0.6 is 0 Å². The second-order valence-electron chi connectivity index (χ2n) is 5.55. The van der Waals surface area contributed by atoms with Crippen molar-refractivity contribution in [3.05, 3.63) is 47.5 Å². The molecule has 0 radical (unpaired) electrons. The van der Waals surface area contributed by atoms with Gasteiger partial charge in [0.2, 0.25) is 0 Å². The largest absolute Gasteiger partial charge is 0.388 e. The highest BCUT2D eigenvalue weighted by atomic mass is 16.3. The summed E-state index contributed by atoms with van der Waals surface area (Å²) < 4.78 is 1.97. The van der Waals surface area contributed by atoms with Gasteiger partial charge in [-0.3, -0.25) is 4.68 Å². The number of fused-ring (bicyclic) bond motifs is 1. The van der Waals surface area contributed by atoms with Gasteiger partial charge in [-0.15, -0.1) is 0 Å². The topological polar surface area (TPSA) is 50.9 Å². The molecular formula is C16H21N3O. The molecule has 0 aliphatic heterocycles. The zero-order chi connectivity index (χ0) is 13.9. The minimum atomic E-state index is -0.383. The molecule has 106 valence electrons. The van der Waals surface area contributed by atoms with Crippen LogP contribution in [0.15, 0.2) is 30.6 Å². The molecule has 0 saturated carbocycles. The molecule has 1 aromatic carbocycles. The number of aryl methyl sites for hydroxylation is 2. The van der Waals surface area contributed by atoms with E-state index in [1.807, 2.05) is 22.9 Å². The van der Waals surface area contributed by atoms with E-state index in [-0.39, 0.29) is 12.0 Å². The number of hydrogen-bond donors (Lipinski definition) is 1. The Hall–Kier alpha value is -1.68. The first-order chi connectivity index (χ1) is 9.79. The molecule has 1 N–H and O–H groups in total. The van der Waals surface area contributed by atoms with Gasteiger partial charge >= 0.3 is 0 Å². The molecule has 4 heteroatoms. The second kappa shape index (κ2) is 5.75. The smallest absolute Gasteiger partial charge is 0.138 e. The highest BCUT2D eigenvalue weighted by Crippen LogP contribution is 2.35. The van der Waals surface area contributed by atoms with Crippen LogP contribution in [-0.2, 0) is 19.4 Å². The van der Waals surface area contributed by atoms with Gasteiger partial charge in [-0.05, 0) is 36.3 Å². The maximum atomic E-state index is 10.6. The van der Waals surface area contributed by atoms with Gasteiger partial charge in [-0.25, -0.2) is 4.98 Å². The lowest BCUT2D eigenvalue weighted by Gasteiger charge is -2.29. The van der Waals surface area contributed by atoms with Crippen LogP contribution in [-0.4, -0.2) is 19.9 Å². The summed E-state index contributed by atoms with van der Waals surface area (Å²) in [4.78, 5) is 4.36. The molecule has 1 heterocycles. The Morgan fingerprint density at radius 3 is 3.05 bits per heavy atom. The lowest BCUT2D eigenvalue weighted by atomic mass is 9.80. The molecule has 2 atom stereocenters. The Labute approximate surface area is 119 Å². The van der Waals surface area contributed by atoms with Gasteiger partial charge in [0.1, 0.15) is 12.2 Å². The minimum Gasteiger partial charge on any atom is -0.388 e. The van der Waals surface area contributed by atoms with Crippen molar-refractivity contribution >= 4 is 0 Å². The van der Waals surface area contributed by atoms with E-state index in [1.54, 1.807) is 6.33 Å². The van der Waals surface area contributed by atoms with Gasteiger partial charge in [-0.2, -0.15) is 5.10 Å². The Morgan fingerprint density at radius 2 is 2.20 bits per heavy atom. The molecule has 1 aliphatic rings. The van der Waals surface area contributed by atoms with Crippen LogP contribution < -0.4 is 0 Å². The first-order valence-electron chi connectivity index (χ1n) is 7.42. The van der Waals surface area contributed by atoms with Crippen molar-refractivity contribution < 1.29 is 5.11 Å². The summed E-state index contributed by atoms with van der Waals surface area (Å²) in [6.07, 6.45) is 5.14. The summed E-state index contributed by atoms with van der Waals surface area (Å²) in [6, 6.07) is 8.21. The van der Waals surface area contributed by atoms with Crippen molar-refractivity contribution in [2.24, 2.45) is 5.92 Å². The van der Waals surface area contributed by atoms with Gasteiger partial charge in [0.15, 0.2) is 0 Å². The van der Waals surface area contributed by atoms with Gasteiger partial charge in [0.05, 0.1) is 6.10 Å². The average molecular weight is 271 g/mol. The molecule has 0 bridgehead atoms. The highest BCUT2D eigenvalue weighted by molar-refractivity contribution is 5.32. The van der Waals surface area contributed by atoms with Crippen LogP contribution in [0.2, 0.25) is 0 Å². The van der Waals surface area contributed by atoms with Crippen LogP contribution in [0.4, 0.5) is 0 Å². The SMILES string of the molecule is CCCn1ncnc1CC1CCc2ccccc2C1O. The fourth-order valence-corrected chi connectivity index (χ4v) is 3.10. The van der Waals surface area contributed by atoms with Crippen LogP contribution in [0.1, 0.15) is 42.8 Å². The molecule has 0 amide bonds. The van der Waals surface area contributed by atoms with Crippen molar-refractivity contribution in [3.63, 3.8) is 0 Å². The molecule has 1 aromatic heterocycles. The standard InChI is InChI=1S/C16H21N3O/c1-2-9-19-15(17-11-18-19)10-13-8-7-12-5-3-4-6-14(12)16(13)20/h3-6,11,13,16,20H,2,7-10H2,1H3. The number of nitrogens with zero attached hydrogens (tertiary/aromatic N) is 3. The quantitative estimate of drug-likeness (QED) is 0.929. The van der Waals surface area contributed by atoms with E-state index < -0.39 is 0 Å². The van der Waals surface area contributed by atoms with Crippen LogP contribution in [0.5, 0.6) is 0 Å². The van der Waals surface area contributed by atoms with E-state index in [2.05, 4.69) is 23.1 Å². The van der Waals surface area contributed by atoms with Crippen molar-refractivity contribution in [3.8, 4) is 0 Å². The first kappa shape index (κ1) is 13.3. The third kappa shape index (κ3) is 2.48. The maximum Gasteiger partial charge on any atom is 0.138 e. The highest BCUT2D eigenvalue weighted by Gasteiger charge is 2.28. The fourth-order valence-electron chi connectivity index (χ4n) is 3.10. The van der Waals surface area contributed by atoms with E-state index >= 15 is 0 Å². The van der Waals surface area contributed by atoms with Gasteiger partial charge in [0, 0.05) is 13.0 Å². The van der Waals surface area contributed by atoms with E-state index in [1.165, 1.54) is 5.56 Å². The zero-order valence-electron chi connectivity index (χ0n) is 11.9. The third-order valence-corrected chi connectivity index (χ3v) is 4.18. The summed E-state index contributed by atoms with van der Waals surface area (Å²) >= 11 is 0. The third-order valence-electron chi connectivity index (χ3n) is 4.18. The van der Waals surface area contributed by atoms with Crippen molar-refractivity contribution in [2.45, 2.75) is 45.3 Å². The van der Waals surface area contributed by atoms with Crippen LogP contribution in [0.3, 0.4) is 0 Å². The van der Waals surface area contributed by atoms with Gasteiger partial charge in [0.25, 0.3) is 0 Å². The van der Waals surface area contributed by atoms with Crippen LogP contribution in [0, 0.1) is 5.92 Å². The number of aromatic nitrogens is 3. The van der Waals surface area contributed by atoms with Crippen molar-refractivity contribution in [1.29, 1.82) is 0 Å². The van der Waals surface area contributed by atoms with Gasteiger partial charge < -0.3 is 5.11 Å². The molecule has 4 nitrogen and oxygen atoms in total. The zero-order valence-corrected chi connectivity index (χ0v) is 11.9.